The highest BCUT2D eigenvalue weighted by molar-refractivity contribution is 14.0. The normalized spacial score (nSPS) is 19.4. The number of nitrogens with zero attached hydrogens (tertiary/aromatic N) is 2. The number of guanidine groups is 1. The third-order valence-corrected chi connectivity index (χ3v) is 4.06. The number of hydrogen-bond donors (Lipinski definition) is 1. The average molecular weight is 397 g/mol. The van der Waals surface area contributed by atoms with Crippen LogP contribution in [0.25, 0.3) is 0 Å². The Kier molecular flexibility index (Phi) is 11.6. The highest BCUT2D eigenvalue weighted by Gasteiger charge is 2.24. The molecule has 1 aliphatic heterocycles. The highest BCUT2D eigenvalue weighted by Crippen LogP contribution is 2.16. The minimum atomic E-state index is 0. The summed E-state index contributed by atoms with van der Waals surface area (Å²) in [5, 5.41) is 3.53. The van der Waals surface area contributed by atoms with Crippen molar-refractivity contribution in [3.63, 3.8) is 0 Å². The Labute approximate surface area is 141 Å². The number of likely N-dealkylation sites (tertiary alicyclic amines) is 1. The zero-order chi connectivity index (χ0) is 14.1. The molecule has 0 bridgehead atoms. The Bertz CT molecular complexity index is 270. The van der Waals surface area contributed by atoms with Crippen molar-refractivity contribution >= 4 is 29.9 Å². The van der Waals surface area contributed by atoms with E-state index in [0.717, 1.165) is 44.7 Å². The van der Waals surface area contributed by atoms with Crippen LogP contribution in [0.1, 0.15) is 40.0 Å². The summed E-state index contributed by atoms with van der Waals surface area (Å²) in [4.78, 5) is 6.78. The van der Waals surface area contributed by atoms with Gasteiger partial charge in [0.05, 0.1) is 6.61 Å². The first-order valence-corrected chi connectivity index (χ1v) is 7.78. The number of halogens is 1. The van der Waals surface area contributed by atoms with Crippen LogP contribution in [0.2, 0.25) is 0 Å². The van der Waals surface area contributed by atoms with Gasteiger partial charge in [0, 0.05) is 39.2 Å². The topological polar surface area (TPSA) is 36.9 Å². The van der Waals surface area contributed by atoms with E-state index in [9.17, 15) is 0 Å². The van der Waals surface area contributed by atoms with E-state index >= 15 is 0 Å². The fourth-order valence-electron chi connectivity index (χ4n) is 2.59. The molecule has 1 aliphatic rings. The zero-order valence-electron chi connectivity index (χ0n) is 13.5. The molecule has 0 radical (unpaired) electrons. The van der Waals surface area contributed by atoms with Gasteiger partial charge in [0.25, 0.3) is 0 Å². The minimum absolute atomic E-state index is 0. The monoisotopic (exact) mass is 397 g/mol. The predicted octanol–water partition coefficient (Wildman–Crippen LogP) is 2.97. The van der Waals surface area contributed by atoms with Gasteiger partial charge in [-0.1, -0.05) is 26.7 Å². The number of nitrogens with one attached hydrogen (secondary N) is 1. The fraction of sp³-hybridized carbons (Fsp3) is 0.933. The van der Waals surface area contributed by atoms with Crippen LogP contribution in [0.4, 0.5) is 0 Å². The van der Waals surface area contributed by atoms with Crippen LogP contribution >= 0.6 is 24.0 Å². The van der Waals surface area contributed by atoms with Crippen molar-refractivity contribution in [3.05, 3.63) is 0 Å². The SMILES string of the molecule is CCOCC1CCN(C(=NC)NCC(CC)CC)C1.I. The van der Waals surface area contributed by atoms with Gasteiger partial charge >= 0.3 is 0 Å². The van der Waals surface area contributed by atoms with Crippen molar-refractivity contribution in [2.45, 2.75) is 40.0 Å². The maximum absolute atomic E-state index is 5.53. The number of aliphatic imine (C=N–C) groups is 1. The summed E-state index contributed by atoms with van der Waals surface area (Å²) in [6.45, 7) is 11.5. The quantitative estimate of drug-likeness (QED) is 0.408. The van der Waals surface area contributed by atoms with Crippen molar-refractivity contribution in [1.82, 2.24) is 10.2 Å². The van der Waals surface area contributed by atoms with Gasteiger partial charge in [-0.25, -0.2) is 0 Å². The van der Waals surface area contributed by atoms with Crippen molar-refractivity contribution in [3.8, 4) is 0 Å². The van der Waals surface area contributed by atoms with E-state index in [2.05, 4.69) is 36.0 Å². The lowest BCUT2D eigenvalue weighted by atomic mass is 10.0. The summed E-state index contributed by atoms with van der Waals surface area (Å²) < 4.78 is 5.53. The molecule has 0 spiro atoms. The lowest BCUT2D eigenvalue weighted by molar-refractivity contribution is 0.114. The minimum Gasteiger partial charge on any atom is -0.381 e. The van der Waals surface area contributed by atoms with E-state index in [-0.39, 0.29) is 24.0 Å². The van der Waals surface area contributed by atoms with Crippen molar-refractivity contribution in [2.75, 3.05) is 39.9 Å². The van der Waals surface area contributed by atoms with Gasteiger partial charge in [-0.05, 0) is 19.3 Å². The van der Waals surface area contributed by atoms with Crippen LogP contribution in [0, 0.1) is 11.8 Å². The van der Waals surface area contributed by atoms with E-state index < -0.39 is 0 Å². The van der Waals surface area contributed by atoms with E-state index in [1.165, 1.54) is 19.3 Å². The molecule has 0 aromatic carbocycles. The molecule has 0 saturated carbocycles. The van der Waals surface area contributed by atoms with Crippen LogP contribution in [-0.4, -0.2) is 50.8 Å². The Hall–Kier alpha value is -0.0400. The summed E-state index contributed by atoms with van der Waals surface area (Å²) in [5.74, 6) is 2.47. The van der Waals surface area contributed by atoms with E-state index in [4.69, 9.17) is 4.74 Å². The largest absolute Gasteiger partial charge is 0.381 e. The molecule has 1 rings (SSSR count). The first-order valence-electron chi connectivity index (χ1n) is 7.78. The van der Waals surface area contributed by atoms with Crippen LogP contribution in [0.3, 0.4) is 0 Å². The lowest BCUT2D eigenvalue weighted by Crippen LogP contribution is -2.42. The van der Waals surface area contributed by atoms with Crippen LogP contribution in [-0.2, 0) is 4.74 Å². The van der Waals surface area contributed by atoms with Crippen LogP contribution in [0.5, 0.6) is 0 Å². The maximum atomic E-state index is 5.53. The molecule has 0 aromatic heterocycles. The maximum Gasteiger partial charge on any atom is 0.193 e. The molecule has 1 heterocycles. The Balaban J connectivity index is 0.00000361. The summed E-state index contributed by atoms with van der Waals surface area (Å²) in [7, 11) is 1.88. The summed E-state index contributed by atoms with van der Waals surface area (Å²) >= 11 is 0. The predicted molar refractivity (Wildman–Crippen MR) is 97.0 cm³/mol. The standard InChI is InChI=1S/C15H31N3O.HI/c1-5-13(6-2)10-17-15(16-4)18-9-8-14(11-18)12-19-7-3;/h13-14H,5-12H2,1-4H3,(H,16,17);1H. The molecule has 1 N–H and O–H groups in total. The lowest BCUT2D eigenvalue weighted by Gasteiger charge is -2.23. The van der Waals surface area contributed by atoms with Gasteiger partial charge in [0.2, 0.25) is 0 Å². The van der Waals surface area contributed by atoms with E-state index in [1.54, 1.807) is 0 Å². The number of ether oxygens (including phenoxy) is 1. The molecule has 1 fully saturated rings. The number of hydrogen-bond acceptors (Lipinski definition) is 2. The molecule has 1 atom stereocenters. The van der Waals surface area contributed by atoms with Gasteiger partial charge in [0.15, 0.2) is 5.96 Å². The Morgan fingerprint density at radius 3 is 2.60 bits per heavy atom. The first-order chi connectivity index (χ1) is 9.24. The van der Waals surface area contributed by atoms with Gasteiger partial charge in [-0.15, -0.1) is 24.0 Å². The van der Waals surface area contributed by atoms with E-state index in [0.29, 0.717) is 5.92 Å². The highest BCUT2D eigenvalue weighted by atomic mass is 127. The van der Waals surface area contributed by atoms with Crippen LogP contribution in [0.15, 0.2) is 4.99 Å². The second-order valence-electron chi connectivity index (χ2n) is 5.37. The zero-order valence-corrected chi connectivity index (χ0v) is 15.9. The summed E-state index contributed by atoms with van der Waals surface area (Å²) in [6, 6.07) is 0. The molecule has 5 heteroatoms. The molecule has 0 aliphatic carbocycles. The molecule has 4 nitrogen and oxygen atoms in total. The third kappa shape index (κ3) is 6.61. The molecular weight excluding hydrogens is 365 g/mol. The van der Waals surface area contributed by atoms with E-state index in [1.807, 2.05) is 7.05 Å². The molecule has 1 unspecified atom stereocenters. The average Bonchev–Trinajstić information content (AvgIpc) is 2.90. The van der Waals surface area contributed by atoms with Gasteiger partial charge < -0.3 is 15.0 Å². The molecule has 0 aromatic rings. The van der Waals surface area contributed by atoms with Crippen molar-refractivity contribution in [1.29, 1.82) is 0 Å². The Morgan fingerprint density at radius 2 is 2.05 bits per heavy atom. The van der Waals surface area contributed by atoms with Crippen molar-refractivity contribution in [2.24, 2.45) is 16.8 Å². The second-order valence-corrected chi connectivity index (χ2v) is 5.37. The molecule has 20 heavy (non-hydrogen) atoms. The van der Waals surface area contributed by atoms with Crippen LogP contribution < -0.4 is 5.32 Å². The van der Waals surface area contributed by atoms with Crippen molar-refractivity contribution < 1.29 is 4.74 Å². The summed E-state index contributed by atoms with van der Waals surface area (Å²) in [6.07, 6.45) is 3.67. The fourth-order valence-corrected chi connectivity index (χ4v) is 2.59. The summed E-state index contributed by atoms with van der Waals surface area (Å²) in [5.41, 5.74) is 0. The van der Waals surface area contributed by atoms with Gasteiger partial charge in [-0.3, -0.25) is 4.99 Å². The Morgan fingerprint density at radius 1 is 1.35 bits per heavy atom. The van der Waals surface area contributed by atoms with Gasteiger partial charge in [0.1, 0.15) is 0 Å². The first kappa shape index (κ1) is 20.0. The van der Waals surface area contributed by atoms with Gasteiger partial charge in [-0.2, -0.15) is 0 Å². The number of rotatable bonds is 7. The molecule has 1 saturated heterocycles. The second kappa shape index (κ2) is 11.6. The molecule has 120 valence electrons. The third-order valence-electron chi connectivity index (χ3n) is 4.06. The molecule has 0 amide bonds. The molecular formula is C15H32IN3O. The smallest absolute Gasteiger partial charge is 0.193 e.